The maximum atomic E-state index is 12.9. The van der Waals surface area contributed by atoms with Gasteiger partial charge in [0.05, 0.1) is 9.35 Å². The first-order chi connectivity index (χ1) is 7.16. The second kappa shape index (κ2) is 4.61. The van der Waals surface area contributed by atoms with Gasteiger partial charge in [-0.15, -0.1) is 11.3 Å². The molecule has 0 saturated carbocycles. The van der Waals surface area contributed by atoms with E-state index in [9.17, 15) is 9.18 Å². The van der Waals surface area contributed by atoms with Gasteiger partial charge < -0.3 is 4.90 Å². The summed E-state index contributed by atoms with van der Waals surface area (Å²) in [4.78, 5) is 13.6. The summed E-state index contributed by atoms with van der Waals surface area (Å²) in [6, 6.07) is 1.81. The number of carbonyl (C=O) groups excluding carboxylic acids is 1. The zero-order valence-electron chi connectivity index (χ0n) is 8.08. The largest absolute Gasteiger partial charge is 0.338 e. The Morgan fingerprint density at radius 1 is 1.53 bits per heavy atom. The molecule has 0 atom stereocenters. The van der Waals surface area contributed by atoms with Crippen molar-refractivity contribution in [1.82, 2.24) is 4.90 Å². The highest BCUT2D eigenvalue weighted by molar-refractivity contribution is 9.11. The first kappa shape index (κ1) is 11.1. The number of halogens is 2. The van der Waals surface area contributed by atoms with E-state index in [1.54, 1.807) is 4.90 Å². The van der Waals surface area contributed by atoms with Gasteiger partial charge in [-0.2, -0.15) is 0 Å². The van der Waals surface area contributed by atoms with Crippen LogP contribution in [0.5, 0.6) is 0 Å². The fourth-order valence-corrected chi connectivity index (χ4v) is 2.79. The third kappa shape index (κ3) is 2.58. The third-order valence-corrected chi connectivity index (χ3v) is 4.03. The summed E-state index contributed by atoms with van der Waals surface area (Å²) in [7, 11) is 0. The minimum atomic E-state index is -0.733. The van der Waals surface area contributed by atoms with Gasteiger partial charge in [0.1, 0.15) is 6.17 Å². The summed E-state index contributed by atoms with van der Waals surface area (Å²) in [5, 5.41) is 1.83. The number of thiophene rings is 1. The summed E-state index contributed by atoms with van der Waals surface area (Å²) in [5.74, 6) is 0.0175. The van der Waals surface area contributed by atoms with Crippen LogP contribution < -0.4 is 0 Å². The zero-order chi connectivity index (χ0) is 10.8. The average Bonchev–Trinajstić information content (AvgIpc) is 2.65. The summed E-state index contributed by atoms with van der Waals surface area (Å²) in [6.45, 7) is 1.07. The molecule has 1 aromatic rings. The van der Waals surface area contributed by atoms with E-state index in [1.807, 2.05) is 11.4 Å². The predicted molar refractivity (Wildman–Crippen MR) is 62.1 cm³/mol. The van der Waals surface area contributed by atoms with Crippen molar-refractivity contribution in [1.29, 1.82) is 0 Å². The number of nitrogens with zero attached hydrogens (tertiary/aromatic N) is 1. The van der Waals surface area contributed by atoms with Gasteiger partial charge in [0, 0.05) is 18.5 Å². The van der Waals surface area contributed by atoms with Crippen LogP contribution in [-0.2, 0) is 0 Å². The molecule has 0 radical (unpaired) electrons. The monoisotopic (exact) mass is 291 g/mol. The second-order valence-corrected chi connectivity index (χ2v) is 5.90. The predicted octanol–water partition coefficient (Wildman–Crippen LogP) is 3.08. The van der Waals surface area contributed by atoms with Crippen LogP contribution in [-0.4, -0.2) is 30.1 Å². The first-order valence-electron chi connectivity index (χ1n) is 4.84. The summed E-state index contributed by atoms with van der Waals surface area (Å²) < 4.78 is 13.8. The van der Waals surface area contributed by atoms with E-state index in [0.717, 1.165) is 3.79 Å². The highest BCUT2D eigenvalue weighted by Crippen LogP contribution is 2.23. The molecule has 0 aliphatic carbocycles. The molecule has 2 rings (SSSR count). The maximum Gasteiger partial charge on any atom is 0.254 e. The number of hydrogen-bond acceptors (Lipinski definition) is 2. The molecule has 1 aliphatic heterocycles. The van der Waals surface area contributed by atoms with Crippen molar-refractivity contribution in [2.75, 3.05) is 13.1 Å². The van der Waals surface area contributed by atoms with Crippen LogP contribution in [0, 0.1) is 0 Å². The van der Waals surface area contributed by atoms with E-state index in [1.165, 1.54) is 11.3 Å². The molecular formula is C10H11BrFNOS. The van der Waals surface area contributed by atoms with E-state index < -0.39 is 6.17 Å². The number of piperidine rings is 1. The van der Waals surface area contributed by atoms with Gasteiger partial charge in [-0.05, 0) is 34.8 Å². The molecule has 2 nitrogen and oxygen atoms in total. The summed E-state index contributed by atoms with van der Waals surface area (Å²) in [5.41, 5.74) is 0.698. The molecule has 0 aromatic carbocycles. The van der Waals surface area contributed by atoms with E-state index in [2.05, 4.69) is 15.9 Å². The Kier molecular flexibility index (Phi) is 3.41. The van der Waals surface area contributed by atoms with Gasteiger partial charge in [-0.25, -0.2) is 4.39 Å². The molecule has 0 bridgehead atoms. The minimum absolute atomic E-state index is 0.0175. The van der Waals surface area contributed by atoms with Crippen LogP contribution in [0.2, 0.25) is 0 Å². The molecule has 2 heterocycles. The SMILES string of the molecule is O=C(c1csc(Br)c1)N1CCC(F)CC1. The van der Waals surface area contributed by atoms with Crippen molar-refractivity contribution in [2.45, 2.75) is 19.0 Å². The average molecular weight is 292 g/mol. The van der Waals surface area contributed by atoms with E-state index in [4.69, 9.17) is 0 Å². The Morgan fingerprint density at radius 2 is 2.20 bits per heavy atom. The summed E-state index contributed by atoms with van der Waals surface area (Å²) in [6.07, 6.45) is 0.205. The van der Waals surface area contributed by atoms with Gasteiger partial charge in [0.25, 0.3) is 5.91 Å². The quantitative estimate of drug-likeness (QED) is 0.779. The number of carbonyl (C=O) groups is 1. The fourth-order valence-electron chi connectivity index (χ4n) is 1.66. The standard InChI is InChI=1S/C10H11BrFNOS/c11-9-5-7(6-15-9)10(14)13-3-1-8(12)2-4-13/h5-6,8H,1-4H2. The lowest BCUT2D eigenvalue weighted by Crippen LogP contribution is -2.38. The molecule has 1 aliphatic rings. The Balaban J connectivity index is 2.02. The van der Waals surface area contributed by atoms with Gasteiger partial charge >= 0.3 is 0 Å². The third-order valence-electron chi connectivity index (χ3n) is 2.53. The summed E-state index contributed by atoms with van der Waals surface area (Å²) >= 11 is 4.81. The zero-order valence-corrected chi connectivity index (χ0v) is 10.5. The molecule has 1 fully saturated rings. The molecule has 15 heavy (non-hydrogen) atoms. The van der Waals surface area contributed by atoms with Crippen LogP contribution in [0.15, 0.2) is 15.2 Å². The smallest absolute Gasteiger partial charge is 0.254 e. The molecule has 82 valence electrons. The van der Waals surface area contributed by atoms with Crippen LogP contribution in [0.4, 0.5) is 4.39 Å². The molecule has 1 aromatic heterocycles. The van der Waals surface area contributed by atoms with Crippen molar-refractivity contribution in [3.05, 3.63) is 20.8 Å². The number of rotatable bonds is 1. The van der Waals surface area contributed by atoms with Crippen molar-refractivity contribution < 1.29 is 9.18 Å². The Hall–Kier alpha value is -0.420. The molecular weight excluding hydrogens is 281 g/mol. The lowest BCUT2D eigenvalue weighted by molar-refractivity contribution is 0.0667. The maximum absolute atomic E-state index is 12.9. The number of likely N-dealkylation sites (tertiary alicyclic amines) is 1. The van der Waals surface area contributed by atoms with E-state index >= 15 is 0 Å². The topological polar surface area (TPSA) is 20.3 Å². The van der Waals surface area contributed by atoms with Crippen LogP contribution in [0.1, 0.15) is 23.2 Å². The van der Waals surface area contributed by atoms with Gasteiger partial charge in [0.2, 0.25) is 0 Å². The van der Waals surface area contributed by atoms with Crippen molar-refractivity contribution in [2.24, 2.45) is 0 Å². The Morgan fingerprint density at radius 3 is 2.73 bits per heavy atom. The van der Waals surface area contributed by atoms with Gasteiger partial charge in [-0.1, -0.05) is 0 Å². The highest BCUT2D eigenvalue weighted by Gasteiger charge is 2.23. The van der Waals surface area contributed by atoms with Crippen LogP contribution in [0.25, 0.3) is 0 Å². The van der Waals surface area contributed by atoms with Crippen molar-refractivity contribution >= 4 is 33.2 Å². The highest BCUT2D eigenvalue weighted by atomic mass is 79.9. The molecule has 0 unspecified atom stereocenters. The second-order valence-electron chi connectivity index (χ2n) is 3.61. The van der Waals surface area contributed by atoms with Crippen LogP contribution in [0.3, 0.4) is 0 Å². The number of hydrogen-bond donors (Lipinski definition) is 0. The number of alkyl halides is 1. The normalized spacial score (nSPS) is 18.1. The molecule has 0 N–H and O–H groups in total. The molecule has 5 heteroatoms. The Labute approximate surface area is 100 Å². The first-order valence-corrected chi connectivity index (χ1v) is 6.51. The Bertz CT molecular complexity index is 360. The van der Waals surface area contributed by atoms with Gasteiger partial charge in [-0.3, -0.25) is 4.79 Å². The molecule has 1 saturated heterocycles. The van der Waals surface area contributed by atoms with Gasteiger partial charge in [0.15, 0.2) is 0 Å². The van der Waals surface area contributed by atoms with E-state index in [0.29, 0.717) is 31.5 Å². The molecule has 0 spiro atoms. The van der Waals surface area contributed by atoms with Crippen LogP contribution >= 0.6 is 27.3 Å². The lowest BCUT2D eigenvalue weighted by atomic mass is 10.1. The van der Waals surface area contributed by atoms with E-state index in [-0.39, 0.29) is 5.91 Å². The lowest BCUT2D eigenvalue weighted by Gasteiger charge is -2.28. The molecule has 1 amide bonds. The van der Waals surface area contributed by atoms with Crippen molar-refractivity contribution in [3.8, 4) is 0 Å². The van der Waals surface area contributed by atoms with Crippen molar-refractivity contribution in [3.63, 3.8) is 0 Å². The number of amides is 1. The fraction of sp³-hybridized carbons (Fsp3) is 0.500. The minimum Gasteiger partial charge on any atom is -0.338 e.